The lowest BCUT2D eigenvalue weighted by molar-refractivity contribution is 0.424. The number of anilines is 1. The number of nitrogens with one attached hydrogen (secondary N) is 1. The molecule has 1 aliphatic carbocycles. The Morgan fingerprint density at radius 3 is 2.73 bits per heavy atom. The van der Waals surface area contributed by atoms with Crippen molar-refractivity contribution in [2.24, 2.45) is 5.92 Å². The molecular formula is C19H17FIN. The Kier molecular flexibility index (Phi) is 3.48. The minimum Gasteiger partial charge on any atom is -0.377 e. The van der Waals surface area contributed by atoms with Gasteiger partial charge in [-0.1, -0.05) is 24.3 Å². The fourth-order valence-electron chi connectivity index (χ4n) is 3.84. The molecular weight excluding hydrogens is 388 g/mol. The van der Waals surface area contributed by atoms with E-state index in [1.807, 2.05) is 12.1 Å². The van der Waals surface area contributed by atoms with Crippen LogP contribution in [0.3, 0.4) is 0 Å². The van der Waals surface area contributed by atoms with E-state index in [1.54, 1.807) is 12.1 Å². The molecule has 0 saturated heterocycles. The van der Waals surface area contributed by atoms with E-state index in [1.165, 1.54) is 25.9 Å². The summed E-state index contributed by atoms with van der Waals surface area (Å²) in [5.41, 5.74) is 5.11. The van der Waals surface area contributed by atoms with Crippen molar-refractivity contribution in [1.82, 2.24) is 0 Å². The second kappa shape index (κ2) is 5.37. The third-order valence-corrected chi connectivity index (χ3v) is 5.48. The number of allylic oxidation sites excluding steroid dienone is 2. The molecule has 112 valence electrons. The first-order valence-electron chi connectivity index (χ1n) is 7.62. The smallest absolute Gasteiger partial charge is 0.123 e. The molecule has 0 bridgehead atoms. The van der Waals surface area contributed by atoms with Gasteiger partial charge in [0.25, 0.3) is 0 Å². The highest BCUT2D eigenvalue weighted by Crippen LogP contribution is 2.50. The highest BCUT2D eigenvalue weighted by Gasteiger charge is 2.38. The van der Waals surface area contributed by atoms with Crippen LogP contribution < -0.4 is 5.32 Å². The van der Waals surface area contributed by atoms with Gasteiger partial charge >= 0.3 is 0 Å². The van der Waals surface area contributed by atoms with Crippen molar-refractivity contribution in [2.75, 3.05) is 5.32 Å². The summed E-state index contributed by atoms with van der Waals surface area (Å²) in [7, 11) is 0. The van der Waals surface area contributed by atoms with Crippen LogP contribution in [0.25, 0.3) is 0 Å². The van der Waals surface area contributed by atoms with Crippen molar-refractivity contribution in [3.05, 3.63) is 74.6 Å². The largest absolute Gasteiger partial charge is 0.377 e. The predicted molar refractivity (Wildman–Crippen MR) is 96.6 cm³/mol. The number of fused-ring (bicyclic) bond motifs is 3. The molecule has 0 aromatic heterocycles. The monoisotopic (exact) mass is 405 g/mol. The van der Waals surface area contributed by atoms with Crippen molar-refractivity contribution < 1.29 is 4.39 Å². The molecule has 1 N–H and O–H groups in total. The number of aryl methyl sites for hydroxylation is 1. The molecule has 3 heteroatoms. The maximum Gasteiger partial charge on any atom is 0.123 e. The van der Waals surface area contributed by atoms with Crippen LogP contribution in [0.4, 0.5) is 10.1 Å². The Morgan fingerprint density at radius 2 is 1.95 bits per heavy atom. The molecule has 3 atom stereocenters. The molecule has 2 aromatic rings. The molecule has 0 fully saturated rings. The summed E-state index contributed by atoms with van der Waals surface area (Å²) in [6.07, 6.45) is 5.71. The maximum absolute atomic E-state index is 13.2. The average molecular weight is 405 g/mol. The Bertz CT molecular complexity index is 751. The lowest BCUT2D eigenvalue weighted by Gasteiger charge is -2.38. The molecule has 1 aliphatic heterocycles. The first kappa shape index (κ1) is 14.2. The summed E-state index contributed by atoms with van der Waals surface area (Å²) in [6, 6.07) is 11.7. The lowest BCUT2D eigenvalue weighted by atomic mass is 9.76. The van der Waals surface area contributed by atoms with Crippen LogP contribution in [0, 0.1) is 22.2 Å². The van der Waals surface area contributed by atoms with E-state index in [0.717, 1.165) is 6.42 Å². The minimum atomic E-state index is -0.174. The zero-order valence-corrected chi connectivity index (χ0v) is 14.5. The van der Waals surface area contributed by atoms with Crippen LogP contribution >= 0.6 is 22.6 Å². The van der Waals surface area contributed by atoms with Crippen LogP contribution in [0.2, 0.25) is 0 Å². The predicted octanol–water partition coefficient (Wildman–Crippen LogP) is 5.57. The summed E-state index contributed by atoms with van der Waals surface area (Å²) in [6.45, 7) is 2.16. The van der Waals surface area contributed by atoms with Crippen LogP contribution in [0.1, 0.15) is 35.1 Å². The van der Waals surface area contributed by atoms with E-state index in [9.17, 15) is 4.39 Å². The Balaban J connectivity index is 1.82. The van der Waals surface area contributed by atoms with Crippen molar-refractivity contribution in [3.8, 4) is 0 Å². The number of hydrogen-bond donors (Lipinski definition) is 1. The van der Waals surface area contributed by atoms with E-state index in [0.29, 0.717) is 11.8 Å². The summed E-state index contributed by atoms with van der Waals surface area (Å²) < 4.78 is 14.5. The van der Waals surface area contributed by atoms with Gasteiger partial charge in [-0.25, -0.2) is 4.39 Å². The van der Waals surface area contributed by atoms with E-state index in [4.69, 9.17) is 0 Å². The first-order chi connectivity index (χ1) is 10.6. The van der Waals surface area contributed by atoms with Gasteiger partial charge in [-0.3, -0.25) is 0 Å². The van der Waals surface area contributed by atoms with Gasteiger partial charge in [0.1, 0.15) is 5.82 Å². The third kappa shape index (κ3) is 2.26. The zero-order chi connectivity index (χ0) is 15.3. The Hall–Kier alpha value is -1.36. The molecule has 0 amide bonds. The quantitative estimate of drug-likeness (QED) is 0.484. The van der Waals surface area contributed by atoms with Gasteiger partial charge in [0.05, 0.1) is 6.04 Å². The topological polar surface area (TPSA) is 12.0 Å². The molecule has 0 radical (unpaired) electrons. The van der Waals surface area contributed by atoms with E-state index in [2.05, 4.69) is 59.1 Å². The zero-order valence-electron chi connectivity index (χ0n) is 12.3. The molecule has 0 unspecified atom stereocenters. The number of halogens is 2. The fraction of sp³-hybridized carbons (Fsp3) is 0.263. The SMILES string of the molecule is Cc1cc(I)cc2c1N[C@@H](c1ccc(F)cc1)[C@H]1CC=C[C@H]21. The van der Waals surface area contributed by atoms with E-state index < -0.39 is 0 Å². The first-order valence-corrected chi connectivity index (χ1v) is 8.70. The Morgan fingerprint density at radius 1 is 1.18 bits per heavy atom. The average Bonchev–Trinajstić information content (AvgIpc) is 2.97. The summed E-state index contributed by atoms with van der Waals surface area (Å²) >= 11 is 2.39. The van der Waals surface area contributed by atoms with Crippen LogP contribution in [-0.4, -0.2) is 0 Å². The van der Waals surface area contributed by atoms with Gasteiger partial charge < -0.3 is 5.32 Å². The fourth-order valence-corrected chi connectivity index (χ4v) is 4.64. The van der Waals surface area contributed by atoms with Gasteiger partial charge in [-0.2, -0.15) is 0 Å². The molecule has 1 heterocycles. The van der Waals surface area contributed by atoms with Crippen LogP contribution in [0.15, 0.2) is 48.6 Å². The second-order valence-electron chi connectivity index (χ2n) is 6.21. The number of hydrogen-bond acceptors (Lipinski definition) is 1. The van der Waals surface area contributed by atoms with Crippen molar-refractivity contribution in [2.45, 2.75) is 25.3 Å². The van der Waals surface area contributed by atoms with Crippen molar-refractivity contribution in [3.63, 3.8) is 0 Å². The van der Waals surface area contributed by atoms with Gasteiger partial charge in [0.15, 0.2) is 0 Å². The maximum atomic E-state index is 13.2. The van der Waals surface area contributed by atoms with Gasteiger partial charge in [-0.15, -0.1) is 0 Å². The number of benzene rings is 2. The van der Waals surface area contributed by atoms with Gasteiger partial charge in [-0.05, 0) is 82.8 Å². The molecule has 4 rings (SSSR count). The standard InChI is InChI=1S/C19H17FIN/c1-11-9-14(21)10-17-15-3-2-4-16(15)19(22-18(11)17)12-5-7-13(20)8-6-12/h2-3,5-10,15-16,19,22H,4H2,1H3/t15-,16-,19-/m0/s1. The molecule has 22 heavy (non-hydrogen) atoms. The van der Waals surface area contributed by atoms with Gasteiger partial charge in [0.2, 0.25) is 0 Å². The van der Waals surface area contributed by atoms with Crippen LogP contribution in [-0.2, 0) is 0 Å². The van der Waals surface area contributed by atoms with Crippen molar-refractivity contribution in [1.29, 1.82) is 0 Å². The minimum absolute atomic E-state index is 0.174. The summed E-state index contributed by atoms with van der Waals surface area (Å²) in [4.78, 5) is 0. The number of rotatable bonds is 1. The second-order valence-corrected chi connectivity index (χ2v) is 7.46. The van der Waals surface area contributed by atoms with Crippen LogP contribution in [0.5, 0.6) is 0 Å². The highest BCUT2D eigenvalue weighted by molar-refractivity contribution is 14.1. The molecule has 0 saturated carbocycles. The Labute approximate surface area is 143 Å². The normalized spacial score (nSPS) is 25.5. The molecule has 0 spiro atoms. The van der Waals surface area contributed by atoms with Gasteiger partial charge in [0, 0.05) is 15.2 Å². The van der Waals surface area contributed by atoms with Crippen molar-refractivity contribution >= 4 is 28.3 Å². The summed E-state index contributed by atoms with van der Waals surface area (Å²) in [5, 5.41) is 3.73. The molecule has 1 nitrogen and oxygen atoms in total. The highest BCUT2D eigenvalue weighted by atomic mass is 127. The third-order valence-electron chi connectivity index (χ3n) is 4.86. The lowest BCUT2D eigenvalue weighted by Crippen LogP contribution is -2.29. The van der Waals surface area contributed by atoms with E-state index >= 15 is 0 Å². The molecule has 2 aromatic carbocycles. The van der Waals surface area contributed by atoms with E-state index in [-0.39, 0.29) is 11.9 Å². The summed E-state index contributed by atoms with van der Waals surface area (Å²) in [5.74, 6) is 0.794. The molecule has 2 aliphatic rings.